The lowest BCUT2D eigenvalue weighted by Gasteiger charge is -2.27. The number of anilines is 1. The van der Waals surface area contributed by atoms with Crippen molar-refractivity contribution >= 4 is 11.7 Å². The van der Waals surface area contributed by atoms with Gasteiger partial charge in [0.1, 0.15) is 0 Å². The molecule has 148 valence electrons. The lowest BCUT2D eigenvalue weighted by atomic mass is 10.1. The first-order chi connectivity index (χ1) is 14.2. The molecule has 3 aromatic rings. The zero-order valence-corrected chi connectivity index (χ0v) is 16.8. The summed E-state index contributed by atoms with van der Waals surface area (Å²) in [6, 6.07) is 21.7. The van der Waals surface area contributed by atoms with Gasteiger partial charge in [-0.1, -0.05) is 42.5 Å². The van der Waals surface area contributed by atoms with E-state index in [1.807, 2.05) is 73.8 Å². The third-order valence-electron chi connectivity index (χ3n) is 5.35. The van der Waals surface area contributed by atoms with Gasteiger partial charge < -0.3 is 9.80 Å². The van der Waals surface area contributed by atoms with Crippen LogP contribution in [0.5, 0.6) is 0 Å². The molecule has 0 N–H and O–H groups in total. The Labute approximate surface area is 172 Å². The molecule has 2 aromatic carbocycles. The summed E-state index contributed by atoms with van der Waals surface area (Å²) in [5.41, 5.74) is 3.45. The van der Waals surface area contributed by atoms with Gasteiger partial charge in [-0.05, 0) is 49.1 Å². The summed E-state index contributed by atoms with van der Waals surface area (Å²) < 4.78 is 0. The van der Waals surface area contributed by atoms with Crippen LogP contribution >= 0.6 is 0 Å². The summed E-state index contributed by atoms with van der Waals surface area (Å²) >= 11 is 0. The van der Waals surface area contributed by atoms with E-state index in [1.54, 1.807) is 4.90 Å². The normalized spacial score (nSPS) is 13.9. The molecule has 1 aromatic heterocycles. The second-order valence-corrected chi connectivity index (χ2v) is 7.55. The van der Waals surface area contributed by atoms with Crippen LogP contribution in [0.1, 0.15) is 35.2 Å². The van der Waals surface area contributed by atoms with Crippen LogP contribution < -0.4 is 4.90 Å². The third-order valence-corrected chi connectivity index (χ3v) is 5.35. The Kier molecular flexibility index (Phi) is 5.84. The van der Waals surface area contributed by atoms with Crippen molar-refractivity contribution in [2.75, 3.05) is 25.0 Å². The quantitative estimate of drug-likeness (QED) is 0.652. The van der Waals surface area contributed by atoms with Crippen molar-refractivity contribution in [3.63, 3.8) is 0 Å². The molecule has 29 heavy (non-hydrogen) atoms. The minimum absolute atomic E-state index is 0.00593. The highest BCUT2D eigenvalue weighted by atomic mass is 16.2. The maximum atomic E-state index is 12.9. The van der Waals surface area contributed by atoms with Gasteiger partial charge in [-0.25, -0.2) is 0 Å². The molecule has 0 bridgehead atoms. The number of carbonyl (C=O) groups excluding carboxylic acids is 1. The molecule has 1 amide bonds. The molecule has 5 heteroatoms. The van der Waals surface area contributed by atoms with E-state index in [0.29, 0.717) is 12.1 Å². The van der Waals surface area contributed by atoms with Crippen molar-refractivity contribution in [1.82, 2.24) is 15.1 Å². The van der Waals surface area contributed by atoms with E-state index in [9.17, 15) is 4.79 Å². The fraction of sp³-hybridized carbons (Fsp3) is 0.292. The monoisotopic (exact) mass is 386 g/mol. The van der Waals surface area contributed by atoms with Crippen LogP contribution in [0.2, 0.25) is 0 Å². The molecule has 0 saturated carbocycles. The molecule has 2 heterocycles. The average Bonchev–Trinajstić information content (AvgIpc) is 2.80. The van der Waals surface area contributed by atoms with Gasteiger partial charge in [0, 0.05) is 37.8 Å². The lowest BCUT2D eigenvalue weighted by Crippen LogP contribution is -2.30. The fourth-order valence-corrected chi connectivity index (χ4v) is 3.73. The second kappa shape index (κ2) is 8.86. The molecule has 0 radical (unpaired) electrons. The molecule has 0 atom stereocenters. The number of piperidine rings is 1. The molecular weight excluding hydrogens is 360 g/mol. The summed E-state index contributed by atoms with van der Waals surface area (Å²) in [6.45, 7) is 2.67. The first-order valence-corrected chi connectivity index (χ1v) is 10.2. The van der Waals surface area contributed by atoms with E-state index < -0.39 is 0 Å². The molecule has 0 aliphatic carbocycles. The van der Waals surface area contributed by atoms with E-state index in [1.165, 1.54) is 19.3 Å². The molecule has 1 fully saturated rings. The Morgan fingerprint density at radius 2 is 1.72 bits per heavy atom. The van der Waals surface area contributed by atoms with Gasteiger partial charge >= 0.3 is 0 Å². The summed E-state index contributed by atoms with van der Waals surface area (Å²) in [6.07, 6.45) is 3.72. The molecule has 1 aliphatic heterocycles. The molecule has 5 nitrogen and oxygen atoms in total. The zero-order chi connectivity index (χ0) is 20.1. The van der Waals surface area contributed by atoms with E-state index in [-0.39, 0.29) is 5.91 Å². The maximum Gasteiger partial charge on any atom is 0.253 e. The van der Waals surface area contributed by atoms with Crippen LogP contribution in [0, 0.1) is 0 Å². The highest BCUT2D eigenvalue weighted by Crippen LogP contribution is 2.22. The standard InChI is InChI=1S/C24H26N4O/c1-27(18-19-9-4-2-5-10-19)24(29)21-12-8-11-20(17-21)22-13-14-23(26-25-22)28-15-6-3-7-16-28/h2,4-5,8-14,17H,3,6-7,15-16,18H2,1H3. The van der Waals surface area contributed by atoms with Gasteiger partial charge in [-0.3, -0.25) is 4.79 Å². The predicted octanol–water partition coefficient (Wildman–Crippen LogP) is 4.41. The van der Waals surface area contributed by atoms with Gasteiger partial charge in [-0.15, -0.1) is 10.2 Å². The van der Waals surface area contributed by atoms with E-state index in [2.05, 4.69) is 15.1 Å². The van der Waals surface area contributed by atoms with Crippen LogP contribution in [-0.2, 0) is 6.54 Å². The summed E-state index contributed by atoms with van der Waals surface area (Å²) in [4.78, 5) is 16.9. The first kappa shape index (κ1) is 19.1. The van der Waals surface area contributed by atoms with Crippen molar-refractivity contribution in [2.24, 2.45) is 0 Å². The van der Waals surface area contributed by atoms with Crippen LogP contribution in [0.4, 0.5) is 5.82 Å². The van der Waals surface area contributed by atoms with Gasteiger partial charge in [0.05, 0.1) is 5.69 Å². The molecule has 4 rings (SSSR count). The topological polar surface area (TPSA) is 49.3 Å². The molecule has 1 saturated heterocycles. The Morgan fingerprint density at radius 1 is 0.931 bits per heavy atom. The van der Waals surface area contributed by atoms with Gasteiger partial charge in [-0.2, -0.15) is 0 Å². The second-order valence-electron chi connectivity index (χ2n) is 7.55. The Morgan fingerprint density at radius 3 is 2.45 bits per heavy atom. The molecule has 1 aliphatic rings. The number of nitrogens with zero attached hydrogens (tertiary/aromatic N) is 4. The number of hydrogen-bond acceptors (Lipinski definition) is 4. The first-order valence-electron chi connectivity index (χ1n) is 10.2. The highest BCUT2D eigenvalue weighted by Gasteiger charge is 2.15. The van der Waals surface area contributed by atoms with Gasteiger partial charge in [0.15, 0.2) is 5.82 Å². The number of aromatic nitrogens is 2. The number of carbonyl (C=O) groups is 1. The summed E-state index contributed by atoms with van der Waals surface area (Å²) in [5, 5.41) is 8.85. The van der Waals surface area contributed by atoms with Crippen molar-refractivity contribution in [3.8, 4) is 11.3 Å². The Balaban J connectivity index is 1.48. The number of rotatable bonds is 5. The van der Waals surface area contributed by atoms with Crippen LogP contribution in [0.15, 0.2) is 66.7 Å². The number of hydrogen-bond donors (Lipinski definition) is 0. The van der Waals surface area contributed by atoms with Gasteiger partial charge in [0.25, 0.3) is 5.91 Å². The van der Waals surface area contributed by atoms with E-state index in [0.717, 1.165) is 35.7 Å². The van der Waals surface area contributed by atoms with Crippen molar-refractivity contribution in [1.29, 1.82) is 0 Å². The number of amides is 1. The van der Waals surface area contributed by atoms with Crippen LogP contribution in [0.3, 0.4) is 0 Å². The minimum atomic E-state index is -0.00593. The fourth-order valence-electron chi connectivity index (χ4n) is 3.73. The molecule has 0 unspecified atom stereocenters. The van der Waals surface area contributed by atoms with E-state index >= 15 is 0 Å². The summed E-state index contributed by atoms with van der Waals surface area (Å²) in [7, 11) is 1.83. The third kappa shape index (κ3) is 4.62. The molecule has 0 spiro atoms. The SMILES string of the molecule is CN(Cc1ccccc1)C(=O)c1cccc(-c2ccc(N3CCCCC3)nn2)c1. The van der Waals surface area contributed by atoms with Gasteiger partial charge in [0.2, 0.25) is 0 Å². The molecular formula is C24H26N4O. The minimum Gasteiger partial charge on any atom is -0.355 e. The van der Waals surface area contributed by atoms with Crippen LogP contribution in [0.25, 0.3) is 11.3 Å². The number of benzene rings is 2. The van der Waals surface area contributed by atoms with Crippen LogP contribution in [-0.4, -0.2) is 41.1 Å². The van der Waals surface area contributed by atoms with E-state index in [4.69, 9.17) is 0 Å². The van der Waals surface area contributed by atoms with Crippen molar-refractivity contribution in [3.05, 3.63) is 77.9 Å². The lowest BCUT2D eigenvalue weighted by molar-refractivity contribution is 0.0785. The Hall–Kier alpha value is -3.21. The van der Waals surface area contributed by atoms with Crippen molar-refractivity contribution in [2.45, 2.75) is 25.8 Å². The van der Waals surface area contributed by atoms with Crippen molar-refractivity contribution < 1.29 is 4.79 Å². The summed E-state index contributed by atoms with van der Waals surface area (Å²) in [5.74, 6) is 0.928. The maximum absolute atomic E-state index is 12.9. The average molecular weight is 386 g/mol. The smallest absolute Gasteiger partial charge is 0.253 e. The predicted molar refractivity (Wildman–Crippen MR) is 116 cm³/mol. The largest absolute Gasteiger partial charge is 0.355 e. The highest BCUT2D eigenvalue weighted by molar-refractivity contribution is 5.95. The zero-order valence-electron chi connectivity index (χ0n) is 16.8. The Bertz CT molecular complexity index is 950.